The van der Waals surface area contributed by atoms with Gasteiger partial charge in [-0.15, -0.1) is 0 Å². The Hall–Kier alpha value is 0. The first kappa shape index (κ1) is 54.1. The van der Waals surface area contributed by atoms with Crippen LogP contribution in [0.15, 0.2) is 0 Å². The molecule has 0 aromatic heterocycles. The fourth-order valence-corrected chi connectivity index (χ4v) is 8.07. The molecule has 0 saturated carbocycles. The lowest BCUT2D eigenvalue weighted by molar-refractivity contribution is 0.518. The van der Waals surface area contributed by atoms with Gasteiger partial charge < -0.3 is 0 Å². The summed E-state index contributed by atoms with van der Waals surface area (Å²) in [4.78, 5) is 0. The molecule has 0 atom stereocenters. The second kappa shape index (κ2) is 55.3. The van der Waals surface area contributed by atoms with Gasteiger partial charge in [-0.3, -0.25) is 0 Å². The third-order valence-corrected chi connectivity index (χ3v) is 11.9. The molecule has 0 heterocycles. The topological polar surface area (TPSA) is 0 Å². The van der Waals surface area contributed by atoms with E-state index in [2.05, 4.69) is 27.7 Å². The monoisotopic (exact) mass is 733 g/mol. The quantitative estimate of drug-likeness (QED) is 0.0547. The second-order valence-corrected chi connectivity index (χ2v) is 17.6. The third-order valence-electron chi connectivity index (χ3n) is 11.9. The van der Waals surface area contributed by atoms with Crippen molar-refractivity contribution in [3.8, 4) is 0 Å². The maximum atomic E-state index is 2.30. The zero-order chi connectivity index (χ0) is 37.9. The summed E-state index contributed by atoms with van der Waals surface area (Å²) in [7, 11) is 0. The van der Waals surface area contributed by atoms with Crippen LogP contribution >= 0.6 is 0 Å². The normalized spacial score (nSPS) is 11.3. The highest BCUT2D eigenvalue weighted by Gasteiger charge is 1.98. The first-order chi connectivity index (χ1) is 25.8. The van der Waals surface area contributed by atoms with Crippen LogP contribution in [-0.2, 0) is 0 Å². The van der Waals surface area contributed by atoms with Crippen molar-refractivity contribution in [1.82, 2.24) is 0 Å². The molecule has 0 aliphatic heterocycles. The van der Waals surface area contributed by atoms with Gasteiger partial charge in [-0.05, 0) is 0 Å². The lowest BCUT2D eigenvalue weighted by Crippen LogP contribution is -1.84. The van der Waals surface area contributed by atoms with Crippen LogP contribution in [0, 0.1) is 0 Å². The van der Waals surface area contributed by atoms with Crippen molar-refractivity contribution in [3.05, 3.63) is 0 Å². The molecule has 0 aromatic carbocycles. The van der Waals surface area contributed by atoms with E-state index in [0.717, 1.165) is 0 Å². The molecule has 52 heavy (non-hydrogen) atoms. The summed E-state index contributed by atoms with van der Waals surface area (Å²) in [5.41, 5.74) is 0. The van der Waals surface area contributed by atoms with E-state index in [0.29, 0.717) is 0 Å². The largest absolute Gasteiger partial charge is 0.0654 e. The number of rotatable bonds is 46. The molecule has 0 fully saturated rings. The minimum absolute atomic E-state index is 1.37. The van der Waals surface area contributed by atoms with Crippen molar-refractivity contribution in [2.75, 3.05) is 0 Å². The van der Waals surface area contributed by atoms with Crippen LogP contribution in [0.25, 0.3) is 0 Å². The van der Waals surface area contributed by atoms with Crippen molar-refractivity contribution in [2.24, 2.45) is 0 Å². The molecule has 0 unspecified atom stereocenters. The molecule has 0 radical (unpaired) electrons. The highest BCUT2D eigenvalue weighted by atomic mass is 14.0. The number of hydrogen-bond donors (Lipinski definition) is 0. The van der Waals surface area contributed by atoms with Crippen molar-refractivity contribution in [1.29, 1.82) is 0 Å². The lowest BCUT2D eigenvalue weighted by atomic mass is 10.0. The molecule has 0 N–H and O–H groups in total. The van der Waals surface area contributed by atoms with E-state index in [1.54, 1.807) is 0 Å². The fourth-order valence-electron chi connectivity index (χ4n) is 8.07. The van der Waals surface area contributed by atoms with E-state index in [4.69, 9.17) is 0 Å². The van der Waals surface area contributed by atoms with E-state index < -0.39 is 0 Å². The molecule has 0 aromatic rings. The molecule has 0 spiro atoms. The van der Waals surface area contributed by atoms with E-state index >= 15 is 0 Å². The van der Waals surface area contributed by atoms with Gasteiger partial charge in [-0.25, -0.2) is 0 Å². The first-order valence-corrected chi connectivity index (χ1v) is 25.8. The van der Waals surface area contributed by atoms with Gasteiger partial charge in [0.1, 0.15) is 0 Å². The number of unbranched alkanes of at least 4 members (excludes halogenated alkanes) is 46. The minimum atomic E-state index is 1.37. The standard InChI is InChI=1S/2C26H54/c2*1-3-5-7-9-11-13-15-17-19-21-23-25-26-24-22-20-18-16-14-12-10-8-6-4-2/h2*3-26H2,1-2H3. The van der Waals surface area contributed by atoms with Crippen LogP contribution in [0.4, 0.5) is 0 Å². The van der Waals surface area contributed by atoms with Crippen LogP contribution < -0.4 is 0 Å². The van der Waals surface area contributed by atoms with Crippen LogP contribution in [0.3, 0.4) is 0 Å². The molecule has 0 saturated heterocycles. The Bertz CT molecular complexity index is 440. The highest BCUT2D eigenvalue weighted by Crippen LogP contribution is 2.17. The molecule has 316 valence electrons. The van der Waals surface area contributed by atoms with Gasteiger partial charge >= 0.3 is 0 Å². The highest BCUT2D eigenvalue weighted by molar-refractivity contribution is 4.53. The lowest BCUT2D eigenvalue weighted by Gasteiger charge is -2.04. The Balaban J connectivity index is 0. The Morgan fingerprint density at radius 3 is 0.212 bits per heavy atom. The molecule has 0 aliphatic carbocycles. The van der Waals surface area contributed by atoms with Crippen molar-refractivity contribution in [3.63, 3.8) is 0 Å². The van der Waals surface area contributed by atoms with Crippen LogP contribution in [-0.4, -0.2) is 0 Å². The minimum Gasteiger partial charge on any atom is -0.0654 e. The smallest absolute Gasteiger partial charge is 0.0533 e. The summed E-state index contributed by atoms with van der Waals surface area (Å²) < 4.78 is 0. The van der Waals surface area contributed by atoms with Gasteiger partial charge in [-0.2, -0.15) is 0 Å². The SMILES string of the molecule is CCCCCCCCCCCCCCCCCCCCCCCCCC.CCCCCCCCCCCCCCCCCCCCCCCCCC. The zero-order valence-electron chi connectivity index (χ0n) is 37.9. The van der Waals surface area contributed by atoms with E-state index in [9.17, 15) is 0 Å². The van der Waals surface area contributed by atoms with Crippen molar-refractivity contribution < 1.29 is 0 Å². The van der Waals surface area contributed by atoms with Gasteiger partial charge in [0, 0.05) is 0 Å². The Labute approximate surface area is 334 Å². The summed E-state index contributed by atoms with van der Waals surface area (Å²) in [5, 5.41) is 0. The maximum Gasteiger partial charge on any atom is -0.0533 e. The van der Waals surface area contributed by atoms with Crippen molar-refractivity contribution in [2.45, 2.75) is 336 Å². The molecular formula is C52H108. The van der Waals surface area contributed by atoms with E-state index in [-0.39, 0.29) is 0 Å². The van der Waals surface area contributed by atoms with Gasteiger partial charge in [-0.1, -0.05) is 336 Å². The van der Waals surface area contributed by atoms with Crippen molar-refractivity contribution >= 4 is 0 Å². The van der Waals surface area contributed by atoms with Crippen LogP contribution in [0.2, 0.25) is 0 Å². The molecular weight excluding hydrogens is 625 g/mol. The summed E-state index contributed by atoms with van der Waals surface area (Å²) >= 11 is 0. The van der Waals surface area contributed by atoms with Gasteiger partial charge in [0.15, 0.2) is 0 Å². The van der Waals surface area contributed by atoms with E-state index in [1.807, 2.05) is 0 Å². The molecule has 0 rings (SSSR count). The van der Waals surface area contributed by atoms with E-state index in [1.165, 1.54) is 308 Å². The van der Waals surface area contributed by atoms with Gasteiger partial charge in [0.25, 0.3) is 0 Å². The summed E-state index contributed by atoms with van der Waals surface area (Å²) in [6.45, 7) is 9.21. The molecule has 0 bridgehead atoms. The van der Waals surface area contributed by atoms with Crippen LogP contribution in [0.5, 0.6) is 0 Å². The third kappa shape index (κ3) is 56.7. The average Bonchev–Trinajstić information content (AvgIpc) is 3.16. The maximum absolute atomic E-state index is 2.30. The number of hydrogen-bond acceptors (Lipinski definition) is 0. The predicted molar refractivity (Wildman–Crippen MR) is 244 cm³/mol. The Morgan fingerprint density at radius 1 is 0.0962 bits per heavy atom. The van der Waals surface area contributed by atoms with Gasteiger partial charge in [0.2, 0.25) is 0 Å². The second-order valence-electron chi connectivity index (χ2n) is 17.6. The summed E-state index contributed by atoms with van der Waals surface area (Å²) in [6.07, 6.45) is 70.8. The summed E-state index contributed by atoms with van der Waals surface area (Å²) in [5.74, 6) is 0. The zero-order valence-corrected chi connectivity index (χ0v) is 37.9. The molecule has 0 aliphatic rings. The molecule has 0 heteroatoms. The summed E-state index contributed by atoms with van der Waals surface area (Å²) in [6, 6.07) is 0. The average molecular weight is 733 g/mol. The molecule has 0 nitrogen and oxygen atoms in total. The fraction of sp³-hybridized carbons (Fsp3) is 1.00. The molecule has 0 amide bonds. The Morgan fingerprint density at radius 2 is 0.154 bits per heavy atom. The first-order valence-electron chi connectivity index (χ1n) is 25.8. The van der Waals surface area contributed by atoms with Crippen LogP contribution in [0.1, 0.15) is 336 Å². The Kier molecular flexibility index (Phi) is 57.6. The van der Waals surface area contributed by atoms with Gasteiger partial charge in [0.05, 0.1) is 0 Å². The predicted octanol–water partition coefficient (Wildman–Crippen LogP) is 20.8.